The van der Waals surface area contributed by atoms with E-state index in [-0.39, 0.29) is 11.3 Å². The number of hydrogen-bond donors (Lipinski definition) is 0. The lowest BCUT2D eigenvalue weighted by atomic mass is 10.2. The third-order valence-corrected chi connectivity index (χ3v) is 4.55. The molecule has 0 aromatic heterocycles. The molecule has 0 aliphatic carbocycles. The molecule has 0 unspecified atom stereocenters. The van der Waals surface area contributed by atoms with E-state index in [1.54, 1.807) is 6.07 Å². The van der Waals surface area contributed by atoms with Crippen molar-refractivity contribution in [2.45, 2.75) is 20.4 Å². The van der Waals surface area contributed by atoms with E-state index in [0.29, 0.717) is 0 Å². The molecule has 2 aromatic rings. The maximum atomic E-state index is 10.6. The fraction of sp³-hybridized carbons (Fsp3) is 0.300. The number of aromatic carboxylic acids is 1. The summed E-state index contributed by atoms with van der Waals surface area (Å²) in [5.41, 5.74) is 1.26. The summed E-state index contributed by atoms with van der Waals surface area (Å²) in [6.07, 6.45) is 0. The second-order valence-corrected chi connectivity index (χ2v) is 7.23. The quantitative estimate of drug-likeness (QED) is 0.422. The molecule has 0 amide bonds. The van der Waals surface area contributed by atoms with E-state index in [4.69, 9.17) is 0 Å². The molecule has 26 heavy (non-hydrogen) atoms. The average Bonchev–Trinajstić information content (AvgIpc) is 2.57. The number of halogens is 1. The van der Waals surface area contributed by atoms with Crippen LogP contribution in [-0.2, 0) is 11.3 Å². The zero-order valence-electron chi connectivity index (χ0n) is 15.5. The van der Waals surface area contributed by atoms with Gasteiger partial charge in [0.1, 0.15) is 12.3 Å². The summed E-state index contributed by atoms with van der Waals surface area (Å²) in [7, 11) is 4.50. The van der Waals surface area contributed by atoms with E-state index < -0.39 is 11.9 Å². The van der Waals surface area contributed by atoms with Crippen LogP contribution in [0.4, 0.5) is 0 Å². The van der Waals surface area contributed by atoms with Gasteiger partial charge in [-0.05, 0) is 25.1 Å². The van der Waals surface area contributed by atoms with Crippen LogP contribution in [0.25, 0.3) is 0 Å². The Hall–Kier alpha value is -2.18. The molecule has 0 radical (unpaired) electrons. The van der Waals surface area contributed by atoms with Crippen molar-refractivity contribution >= 4 is 27.9 Å². The predicted octanol–water partition coefficient (Wildman–Crippen LogP) is 3.02. The fourth-order valence-corrected chi connectivity index (χ4v) is 2.49. The molecule has 6 heteroatoms. The first-order valence-corrected chi connectivity index (χ1v) is 8.99. The number of carboxylic acids is 1. The molecule has 0 spiro atoms. The van der Waals surface area contributed by atoms with Crippen molar-refractivity contribution in [3.63, 3.8) is 0 Å². The van der Waals surface area contributed by atoms with Crippen molar-refractivity contribution in [1.82, 2.24) is 0 Å². The van der Waals surface area contributed by atoms with Gasteiger partial charge in [-0.15, -0.1) is 0 Å². The molecule has 0 N–H and O–H groups in total. The van der Waals surface area contributed by atoms with E-state index >= 15 is 0 Å². The van der Waals surface area contributed by atoms with Gasteiger partial charge in [0.15, 0.2) is 0 Å². The van der Waals surface area contributed by atoms with Crippen LogP contribution >= 0.6 is 15.9 Å². The minimum Gasteiger partial charge on any atom is -0.545 e. The van der Waals surface area contributed by atoms with E-state index in [1.807, 2.05) is 0 Å². The van der Waals surface area contributed by atoms with Gasteiger partial charge in [-0.1, -0.05) is 46.3 Å². The maximum Gasteiger partial charge on any atom is 0.308 e. The molecule has 2 rings (SSSR count). The van der Waals surface area contributed by atoms with Crippen molar-refractivity contribution in [3.8, 4) is 5.75 Å². The van der Waals surface area contributed by atoms with Gasteiger partial charge in [0, 0.05) is 22.5 Å². The molecule has 0 aliphatic rings. The molecule has 0 atom stereocenters. The average molecular weight is 422 g/mol. The monoisotopic (exact) mass is 421 g/mol. The summed E-state index contributed by atoms with van der Waals surface area (Å²) in [5, 5.41) is 10.5. The van der Waals surface area contributed by atoms with Crippen molar-refractivity contribution in [3.05, 3.63) is 64.1 Å². The highest BCUT2D eigenvalue weighted by Gasteiger charge is 2.14. The van der Waals surface area contributed by atoms with Gasteiger partial charge < -0.3 is 19.1 Å². The molecule has 0 bridgehead atoms. The number of carbonyl (C=O) groups is 2. The second-order valence-electron chi connectivity index (χ2n) is 6.38. The number of para-hydroxylation sites is 1. The number of carbonyl (C=O) groups excluding carboxylic acids is 2. The number of benzene rings is 2. The lowest BCUT2D eigenvalue weighted by molar-refractivity contribution is -0.901. The number of ether oxygens (including phenoxy) is 1. The Balaban J connectivity index is 0.000000260. The summed E-state index contributed by atoms with van der Waals surface area (Å²) in [6, 6.07) is 14.2. The van der Waals surface area contributed by atoms with Crippen LogP contribution in [0.2, 0.25) is 0 Å². The minimum absolute atomic E-state index is 0.00926. The van der Waals surface area contributed by atoms with Crippen molar-refractivity contribution in [2.75, 3.05) is 20.6 Å². The second kappa shape index (κ2) is 10.1. The first kappa shape index (κ1) is 21.9. The van der Waals surface area contributed by atoms with Gasteiger partial charge >= 0.3 is 5.97 Å². The Morgan fingerprint density at radius 2 is 1.65 bits per heavy atom. The van der Waals surface area contributed by atoms with Crippen LogP contribution in [0.15, 0.2) is 53.0 Å². The molecular formula is C20H24BrNO4. The Kier molecular flexibility index (Phi) is 8.48. The summed E-state index contributed by atoms with van der Waals surface area (Å²) >= 11 is 3.57. The highest BCUT2D eigenvalue weighted by Crippen LogP contribution is 2.19. The smallest absolute Gasteiger partial charge is 0.308 e. The molecule has 2 aromatic carbocycles. The van der Waals surface area contributed by atoms with E-state index in [0.717, 1.165) is 17.6 Å². The molecule has 0 fully saturated rings. The molecule has 0 heterocycles. The molecule has 0 saturated carbocycles. The van der Waals surface area contributed by atoms with Gasteiger partial charge in [-0.25, -0.2) is 0 Å². The number of quaternary nitrogens is 1. The first-order chi connectivity index (χ1) is 12.2. The normalized spacial score (nSPS) is 10.5. The van der Waals surface area contributed by atoms with Crippen LogP contribution in [-0.4, -0.2) is 37.1 Å². The molecule has 140 valence electrons. The standard InChI is InChI=1S/C11H17BrN.C9H8O4/c1-4-13(2,3)9-10-7-5-6-8-11(10)12;1-6(10)13-8-5-3-2-4-7(8)9(11)12/h5-8H,4,9H2,1-3H3;2-5H,1H3,(H,11,12)/q+1;/p-1. The molecule has 5 nitrogen and oxygen atoms in total. The Labute approximate surface area is 162 Å². The lowest BCUT2D eigenvalue weighted by Crippen LogP contribution is -2.38. The number of nitrogens with zero attached hydrogens (tertiary/aromatic N) is 1. The zero-order chi connectivity index (χ0) is 19.7. The number of esters is 1. The van der Waals surface area contributed by atoms with Crippen LogP contribution in [0, 0.1) is 0 Å². The van der Waals surface area contributed by atoms with E-state index in [1.165, 1.54) is 35.2 Å². The highest BCUT2D eigenvalue weighted by molar-refractivity contribution is 9.10. The van der Waals surface area contributed by atoms with Crippen LogP contribution in [0.5, 0.6) is 5.75 Å². The van der Waals surface area contributed by atoms with Gasteiger partial charge in [0.2, 0.25) is 0 Å². The first-order valence-electron chi connectivity index (χ1n) is 8.20. The van der Waals surface area contributed by atoms with Crippen molar-refractivity contribution < 1.29 is 23.9 Å². The Morgan fingerprint density at radius 1 is 1.08 bits per heavy atom. The summed E-state index contributed by atoms with van der Waals surface area (Å²) < 4.78 is 6.89. The van der Waals surface area contributed by atoms with Gasteiger partial charge in [-0.3, -0.25) is 4.79 Å². The largest absolute Gasteiger partial charge is 0.545 e. The van der Waals surface area contributed by atoms with Gasteiger partial charge in [0.05, 0.1) is 26.6 Å². The van der Waals surface area contributed by atoms with Crippen molar-refractivity contribution in [1.29, 1.82) is 0 Å². The number of hydrogen-bond acceptors (Lipinski definition) is 4. The molecule has 0 saturated heterocycles. The van der Waals surface area contributed by atoms with E-state index in [9.17, 15) is 14.7 Å². The molecule has 0 aliphatic heterocycles. The summed E-state index contributed by atoms with van der Waals surface area (Å²) in [4.78, 5) is 21.1. The minimum atomic E-state index is -1.36. The number of carboxylic acid groups (broad SMARTS) is 1. The lowest BCUT2D eigenvalue weighted by Gasteiger charge is -2.28. The fourth-order valence-electron chi connectivity index (χ4n) is 2.08. The maximum absolute atomic E-state index is 10.6. The third kappa shape index (κ3) is 7.37. The number of rotatable bonds is 5. The van der Waals surface area contributed by atoms with Gasteiger partial charge in [0.25, 0.3) is 0 Å². The summed E-state index contributed by atoms with van der Waals surface area (Å²) in [5.74, 6) is -1.92. The highest BCUT2D eigenvalue weighted by atomic mass is 79.9. The van der Waals surface area contributed by atoms with Crippen molar-refractivity contribution in [2.24, 2.45) is 0 Å². The molecular weight excluding hydrogens is 398 g/mol. The topological polar surface area (TPSA) is 66.4 Å². The van der Waals surface area contributed by atoms with Crippen LogP contribution in [0.1, 0.15) is 29.8 Å². The summed E-state index contributed by atoms with van der Waals surface area (Å²) in [6.45, 7) is 5.65. The van der Waals surface area contributed by atoms with Crippen LogP contribution in [0.3, 0.4) is 0 Å². The predicted molar refractivity (Wildman–Crippen MR) is 103 cm³/mol. The van der Waals surface area contributed by atoms with Crippen LogP contribution < -0.4 is 9.84 Å². The SMILES string of the molecule is CC(=O)Oc1ccccc1C(=O)[O-].CC[N+](C)(C)Cc1ccccc1Br. The third-order valence-electron chi connectivity index (χ3n) is 3.77. The van der Waals surface area contributed by atoms with Gasteiger partial charge in [-0.2, -0.15) is 0 Å². The Morgan fingerprint density at radius 3 is 2.19 bits per heavy atom. The zero-order valence-corrected chi connectivity index (χ0v) is 17.1. The Bertz CT molecular complexity index is 759. The van der Waals surface area contributed by atoms with E-state index in [2.05, 4.69) is 66.0 Å².